The van der Waals surface area contributed by atoms with Crippen molar-refractivity contribution in [2.45, 2.75) is 217 Å². The van der Waals surface area contributed by atoms with Crippen LogP contribution in [0.3, 0.4) is 0 Å². The molecule has 11 atom stereocenters. The molecule has 0 radical (unpaired) electrons. The summed E-state index contributed by atoms with van der Waals surface area (Å²) < 4.78 is 0. The molecule has 0 aliphatic carbocycles. The fourth-order valence-electron chi connectivity index (χ4n) is 10.7. The largest absolute Gasteiger partial charge is 0.343 e. The van der Waals surface area contributed by atoms with E-state index in [-0.39, 0.29) is 55.8 Å². The number of nitrogens with one attached hydrogen (secondary N) is 4. The summed E-state index contributed by atoms with van der Waals surface area (Å²) in [6, 6.07) is -12.7. The van der Waals surface area contributed by atoms with Crippen molar-refractivity contribution in [3.05, 3.63) is 12.2 Å². The van der Waals surface area contributed by atoms with E-state index >= 15 is 9.59 Å². The molecule has 0 saturated carbocycles. The van der Waals surface area contributed by atoms with Crippen LogP contribution in [-0.4, -0.2) is 221 Å². The number of hydrogen-bond acceptors (Lipinski definition) is 12. The predicted molar refractivity (Wildman–Crippen MR) is 332 cm³/mol. The number of nitrogens with zero attached hydrogens (tertiary/aromatic N) is 7. The van der Waals surface area contributed by atoms with Crippen molar-refractivity contribution in [3.63, 3.8) is 0 Å². The van der Waals surface area contributed by atoms with Gasteiger partial charge in [0.15, 0.2) is 11.8 Å². The summed E-state index contributed by atoms with van der Waals surface area (Å²) in [7, 11) is 9.80. The number of carbonyl (C=O) groups is 12. The molecule has 23 nitrogen and oxygen atoms in total. The summed E-state index contributed by atoms with van der Waals surface area (Å²) >= 11 is 0. The Hall–Kier alpha value is -6.42. The molecule has 0 bridgehead atoms. The molecule has 11 amide bonds. The standard InChI is InChI=1S/C63H111N11O12/c1-26-27-28-41(16)53(76)52-57(80)67-49(38(10)11)61(84)68(19)33-48(75)69(20)44(29-34(2)3)56(79)66-50(39(12)13)62(85)70(21)45(30-35(4)5)55(78)64-42(17)54(77)65-43(18)58(81)71(22)46(31-36(6)7)59(82)72(23)47(32-37(8)9)60(83)73(24)51(40(14)15)63(86)74(52)25/h26-27,34-47,49-52H,28-33H2,1-25H3,(H,64,78)(H,65,77)(H,66,79)(H,67,80)/b27-26+/t41-,42+,43-,44+,45+,46-,47+,49+,50+,51+,52-/m1/s1. The lowest BCUT2D eigenvalue weighted by atomic mass is 9.92. The van der Waals surface area contributed by atoms with E-state index < -0.39 is 161 Å². The van der Waals surface area contributed by atoms with E-state index in [1.165, 1.54) is 87.7 Å². The second-order valence-corrected chi connectivity index (χ2v) is 26.6. The molecule has 1 heterocycles. The second kappa shape index (κ2) is 34.8. The van der Waals surface area contributed by atoms with Crippen LogP contribution in [0.25, 0.3) is 0 Å². The molecule has 1 rings (SSSR count). The molecule has 0 aromatic rings. The minimum Gasteiger partial charge on any atom is -0.343 e. The number of carbonyl (C=O) groups excluding carboxylic acids is 12. The first-order valence-electron chi connectivity index (χ1n) is 30.8. The van der Waals surface area contributed by atoms with Crippen LogP contribution in [-0.2, 0) is 57.5 Å². The SMILES string of the molecule is C/C=C/C[C@@H](C)C(=O)[C@@H]1C(=O)N[C@@H](C(C)C)C(=O)N(C)CC(=O)N(C)[C@@H](CC(C)C)C(=O)N[C@@H](C(C)C)C(=O)N(C)[C@@H](CC(C)C)C(=O)N[C@@H](C)C(=O)N[C@H](C)C(=O)N(C)[C@H](CC(C)C)C(=O)N(C)[C@@H](CC(C)C)C(=O)N(C)[C@@H](C(C)C)C(=O)N1C. The Kier molecular flexibility index (Phi) is 31.4. The van der Waals surface area contributed by atoms with Crippen LogP contribution in [0.5, 0.6) is 0 Å². The molecule has 490 valence electrons. The highest BCUT2D eigenvalue weighted by Crippen LogP contribution is 2.25. The highest BCUT2D eigenvalue weighted by Gasteiger charge is 2.46. The van der Waals surface area contributed by atoms with Gasteiger partial charge in [-0.1, -0.05) is 116 Å². The first-order valence-corrected chi connectivity index (χ1v) is 30.8. The second-order valence-electron chi connectivity index (χ2n) is 26.6. The molecule has 0 aromatic heterocycles. The zero-order valence-electron chi connectivity index (χ0n) is 56.8. The van der Waals surface area contributed by atoms with Crippen molar-refractivity contribution in [2.24, 2.45) is 47.3 Å². The summed E-state index contributed by atoms with van der Waals surface area (Å²) in [4.78, 5) is 183. The van der Waals surface area contributed by atoms with Gasteiger partial charge in [0.1, 0.15) is 54.4 Å². The predicted octanol–water partition coefficient (Wildman–Crippen LogP) is 3.72. The third kappa shape index (κ3) is 21.5. The van der Waals surface area contributed by atoms with Gasteiger partial charge in [-0.2, -0.15) is 0 Å². The van der Waals surface area contributed by atoms with E-state index in [9.17, 15) is 47.9 Å². The highest BCUT2D eigenvalue weighted by molar-refractivity contribution is 6.10. The van der Waals surface area contributed by atoms with Crippen LogP contribution in [0.4, 0.5) is 0 Å². The minimum absolute atomic E-state index is 0.128. The van der Waals surface area contributed by atoms with E-state index in [0.29, 0.717) is 0 Å². The molecular formula is C63H111N11O12. The molecule has 86 heavy (non-hydrogen) atoms. The summed E-state index contributed by atoms with van der Waals surface area (Å²) in [5, 5.41) is 11.0. The minimum atomic E-state index is -1.82. The summed E-state index contributed by atoms with van der Waals surface area (Å²) in [6.45, 7) is 30.8. The van der Waals surface area contributed by atoms with Gasteiger partial charge in [0.2, 0.25) is 59.1 Å². The van der Waals surface area contributed by atoms with Gasteiger partial charge in [-0.15, -0.1) is 0 Å². The average Bonchev–Trinajstić information content (AvgIpc) is 2.16. The Morgan fingerprint density at radius 1 is 0.430 bits per heavy atom. The number of allylic oxidation sites excluding steroid dienone is 2. The van der Waals surface area contributed by atoms with Gasteiger partial charge in [-0.3, -0.25) is 57.5 Å². The normalized spacial score (nSPS) is 26.4. The smallest absolute Gasteiger partial charge is 0.251 e. The fraction of sp³-hybridized carbons (Fsp3) is 0.778. The Labute approximate surface area is 514 Å². The number of Topliss-reactive ketones (excluding diaryl/α,β-unsaturated/α-hetero) is 1. The monoisotopic (exact) mass is 1210 g/mol. The lowest BCUT2D eigenvalue weighted by molar-refractivity contribution is -0.157. The molecular weight excluding hydrogens is 1100 g/mol. The summed E-state index contributed by atoms with van der Waals surface area (Å²) in [6.07, 6.45) is 4.28. The summed E-state index contributed by atoms with van der Waals surface area (Å²) in [5.41, 5.74) is 0. The van der Waals surface area contributed by atoms with E-state index in [4.69, 9.17) is 0 Å². The third-order valence-electron chi connectivity index (χ3n) is 16.1. The van der Waals surface area contributed by atoms with Gasteiger partial charge < -0.3 is 55.6 Å². The van der Waals surface area contributed by atoms with Gasteiger partial charge in [-0.05, 0) is 94.3 Å². The van der Waals surface area contributed by atoms with Crippen molar-refractivity contribution in [2.75, 3.05) is 55.9 Å². The van der Waals surface area contributed by atoms with Gasteiger partial charge in [0.25, 0.3) is 5.91 Å². The Bertz CT molecular complexity index is 2410. The zero-order valence-corrected chi connectivity index (χ0v) is 56.8. The van der Waals surface area contributed by atoms with Gasteiger partial charge >= 0.3 is 0 Å². The first-order chi connectivity index (χ1) is 39.6. The highest BCUT2D eigenvalue weighted by atomic mass is 16.2. The number of rotatable bonds is 15. The van der Waals surface area contributed by atoms with Crippen LogP contribution in [0, 0.1) is 47.3 Å². The molecule has 0 aromatic carbocycles. The third-order valence-corrected chi connectivity index (χ3v) is 16.1. The van der Waals surface area contributed by atoms with E-state index in [2.05, 4.69) is 21.3 Å². The fourth-order valence-corrected chi connectivity index (χ4v) is 10.7. The van der Waals surface area contributed by atoms with Gasteiger partial charge in [0.05, 0.1) is 6.54 Å². The van der Waals surface area contributed by atoms with Gasteiger partial charge in [-0.25, -0.2) is 0 Å². The van der Waals surface area contributed by atoms with Gasteiger partial charge in [0, 0.05) is 55.3 Å². The molecule has 1 fully saturated rings. The van der Waals surface area contributed by atoms with Crippen molar-refractivity contribution in [1.82, 2.24) is 55.6 Å². The van der Waals surface area contributed by atoms with E-state index in [1.807, 2.05) is 55.4 Å². The average molecular weight is 1210 g/mol. The Morgan fingerprint density at radius 2 is 0.814 bits per heavy atom. The van der Waals surface area contributed by atoms with Crippen molar-refractivity contribution in [3.8, 4) is 0 Å². The van der Waals surface area contributed by atoms with Crippen molar-refractivity contribution in [1.29, 1.82) is 0 Å². The van der Waals surface area contributed by atoms with Crippen LogP contribution in [0.15, 0.2) is 12.2 Å². The number of ketones is 1. The van der Waals surface area contributed by atoms with E-state index in [1.54, 1.807) is 67.5 Å². The first kappa shape index (κ1) is 77.6. The molecule has 1 aliphatic heterocycles. The summed E-state index contributed by atoms with van der Waals surface area (Å²) in [5.74, 6) is -11.6. The molecule has 0 spiro atoms. The molecule has 1 saturated heterocycles. The number of hydrogen-bond donors (Lipinski definition) is 4. The quantitative estimate of drug-likeness (QED) is 0.135. The van der Waals surface area contributed by atoms with Crippen LogP contribution in [0.2, 0.25) is 0 Å². The maximum Gasteiger partial charge on any atom is 0.251 e. The van der Waals surface area contributed by atoms with Crippen LogP contribution >= 0.6 is 0 Å². The van der Waals surface area contributed by atoms with E-state index in [0.717, 1.165) is 9.80 Å². The molecule has 0 unspecified atom stereocenters. The lowest BCUT2D eigenvalue weighted by Gasteiger charge is -2.41. The lowest BCUT2D eigenvalue weighted by Crippen LogP contribution is -2.63. The van der Waals surface area contributed by atoms with Crippen molar-refractivity contribution >= 4 is 70.8 Å². The Balaban J connectivity index is 4.37. The maximum atomic E-state index is 15.2. The van der Waals surface area contributed by atoms with Crippen molar-refractivity contribution < 1.29 is 57.5 Å². The molecule has 1 aliphatic rings. The zero-order chi connectivity index (χ0) is 66.8. The topological polar surface area (TPSA) is 276 Å². The molecule has 23 heteroatoms. The van der Waals surface area contributed by atoms with Crippen LogP contribution < -0.4 is 21.3 Å². The Morgan fingerprint density at radius 3 is 1.26 bits per heavy atom. The van der Waals surface area contributed by atoms with Crippen LogP contribution in [0.1, 0.15) is 157 Å². The molecule has 4 N–H and O–H groups in total. The number of likely N-dealkylation sites (N-methyl/N-ethyl adjacent to an activating group) is 7. The maximum absolute atomic E-state index is 15.2. The number of amides is 11.